The zero-order valence-corrected chi connectivity index (χ0v) is 12.4. The molecule has 0 saturated heterocycles. The van der Waals surface area contributed by atoms with Gasteiger partial charge >= 0.3 is 0 Å². The van der Waals surface area contributed by atoms with Crippen LogP contribution in [-0.4, -0.2) is 12.0 Å². The summed E-state index contributed by atoms with van der Waals surface area (Å²) >= 11 is 1.77. The number of hydrogen-bond acceptors (Lipinski definition) is 4. The maximum absolute atomic E-state index is 5.80. The number of rotatable bonds is 3. The number of fused-ring (bicyclic) bond motifs is 1. The Morgan fingerprint density at radius 3 is 2.80 bits per heavy atom. The second-order valence-corrected chi connectivity index (χ2v) is 5.90. The minimum Gasteiger partial charge on any atom is -0.399 e. The van der Waals surface area contributed by atoms with Crippen LogP contribution in [0, 0.1) is 0 Å². The summed E-state index contributed by atoms with van der Waals surface area (Å²) < 4.78 is 0. The Kier molecular flexibility index (Phi) is 3.32. The van der Waals surface area contributed by atoms with Gasteiger partial charge in [0, 0.05) is 23.0 Å². The quantitative estimate of drug-likeness (QED) is 0.737. The summed E-state index contributed by atoms with van der Waals surface area (Å²) in [6, 6.07) is 14.5. The predicted molar refractivity (Wildman–Crippen MR) is 87.3 cm³/mol. The van der Waals surface area contributed by atoms with Gasteiger partial charge in [-0.05, 0) is 48.7 Å². The van der Waals surface area contributed by atoms with Crippen molar-refractivity contribution in [2.24, 2.45) is 0 Å². The van der Waals surface area contributed by atoms with E-state index in [0.29, 0.717) is 6.04 Å². The van der Waals surface area contributed by atoms with Crippen molar-refractivity contribution < 1.29 is 0 Å². The van der Waals surface area contributed by atoms with Crippen molar-refractivity contribution in [3.8, 4) is 0 Å². The molecule has 0 amide bonds. The standard InChI is InChI=1S/C16H17N3S/c1-11(15-4-3-9-20-15)19(2)16-8-5-12-10-13(17)6-7-14(12)18-16/h3-11H,17H2,1-2H3. The smallest absolute Gasteiger partial charge is 0.129 e. The number of hydrogen-bond donors (Lipinski definition) is 1. The van der Waals surface area contributed by atoms with Gasteiger partial charge in [0.2, 0.25) is 0 Å². The van der Waals surface area contributed by atoms with Crippen LogP contribution in [0.5, 0.6) is 0 Å². The monoisotopic (exact) mass is 283 g/mol. The van der Waals surface area contributed by atoms with E-state index in [4.69, 9.17) is 10.7 Å². The molecule has 4 heteroatoms. The van der Waals surface area contributed by atoms with Gasteiger partial charge in [-0.3, -0.25) is 0 Å². The molecule has 3 aromatic rings. The highest BCUT2D eigenvalue weighted by Crippen LogP contribution is 2.28. The maximum atomic E-state index is 5.80. The van der Waals surface area contributed by atoms with Gasteiger partial charge in [0.15, 0.2) is 0 Å². The van der Waals surface area contributed by atoms with Crippen LogP contribution in [0.15, 0.2) is 47.8 Å². The average molecular weight is 283 g/mol. The fourth-order valence-corrected chi connectivity index (χ4v) is 3.07. The van der Waals surface area contributed by atoms with Crippen LogP contribution in [0.25, 0.3) is 10.9 Å². The summed E-state index contributed by atoms with van der Waals surface area (Å²) in [5.41, 5.74) is 7.54. The maximum Gasteiger partial charge on any atom is 0.129 e. The second kappa shape index (κ2) is 5.13. The van der Waals surface area contributed by atoms with Gasteiger partial charge in [-0.1, -0.05) is 6.07 Å². The second-order valence-electron chi connectivity index (χ2n) is 4.92. The molecule has 2 aromatic heterocycles. The Bertz CT molecular complexity index is 722. The number of anilines is 2. The SMILES string of the molecule is CC(c1cccs1)N(C)c1ccc2cc(N)ccc2n1. The number of nitrogens with two attached hydrogens (primary N) is 1. The number of nitrogens with zero attached hydrogens (tertiary/aromatic N) is 2. The third-order valence-electron chi connectivity index (χ3n) is 3.60. The van der Waals surface area contributed by atoms with Gasteiger partial charge in [0.1, 0.15) is 5.82 Å². The number of aromatic nitrogens is 1. The summed E-state index contributed by atoms with van der Waals surface area (Å²) in [6.45, 7) is 2.20. The lowest BCUT2D eigenvalue weighted by Gasteiger charge is -2.25. The summed E-state index contributed by atoms with van der Waals surface area (Å²) in [5, 5.41) is 3.18. The Labute approximate surface area is 122 Å². The molecule has 102 valence electrons. The molecule has 2 N–H and O–H groups in total. The normalized spacial score (nSPS) is 12.5. The number of nitrogen functional groups attached to an aromatic ring is 1. The van der Waals surface area contributed by atoms with Gasteiger partial charge in [0.25, 0.3) is 0 Å². The highest BCUT2D eigenvalue weighted by Gasteiger charge is 2.14. The van der Waals surface area contributed by atoms with E-state index in [1.165, 1.54) is 4.88 Å². The molecule has 0 fully saturated rings. The molecular weight excluding hydrogens is 266 g/mol. The van der Waals surface area contributed by atoms with Crippen LogP contribution in [-0.2, 0) is 0 Å². The lowest BCUT2D eigenvalue weighted by atomic mass is 10.2. The van der Waals surface area contributed by atoms with Crippen molar-refractivity contribution in [1.82, 2.24) is 4.98 Å². The Hall–Kier alpha value is -2.07. The molecule has 0 saturated carbocycles. The lowest BCUT2D eigenvalue weighted by Crippen LogP contribution is -2.21. The molecule has 1 atom stereocenters. The van der Waals surface area contributed by atoms with Crippen LogP contribution in [0.1, 0.15) is 17.8 Å². The zero-order chi connectivity index (χ0) is 14.1. The van der Waals surface area contributed by atoms with Crippen molar-refractivity contribution in [3.63, 3.8) is 0 Å². The fraction of sp³-hybridized carbons (Fsp3) is 0.188. The van der Waals surface area contributed by atoms with Crippen LogP contribution in [0.4, 0.5) is 11.5 Å². The lowest BCUT2D eigenvalue weighted by molar-refractivity contribution is 0.744. The molecule has 20 heavy (non-hydrogen) atoms. The van der Waals surface area contributed by atoms with Gasteiger partial charge < -0.3 is 10.6 Å². The summed E-state index contributed by atoms with van der Waals surface area (Å²) in [4.78, 5) is 8.26. The van der Waals surface area contributed by atoms with E-state index in [1.807, 2.05) is 24.3 Å². The van der Waals surface area contributed by atoms with Crippen LogP contribution >= 0.6 is 11.3 Å². The molecule has 1 aromatic carbocycles. The zero-order valence-electron chi connectivity index (χ0n) is 11.6. The molecule has 0 radical (unpaired) electrons. The molecular formula is C16H17N3S. The Morgan fingerprint density at radius 1 is 1.20 bits per heavy atom. The highest BCUT2D eigenvalue weighted by molar-refractivity contribution is 7.10. The first kappa shape index (κ1) is 12.9. The van der Waals surface area contributed by atoms with Crippen molar-refractivity contribution in [1.29, 1.82) is 0 Å². The predicted octanol–water partition coefficient (Wildman–Crippen LogP) is 4.08. The average Bonchev–Trinajstić information content (AvgIpc) is 2.99. The first-order valence-corrected chi connectivity index (χ1v) is 7.45. The summed E-state index contributed by atoms with van der Waals surface area (Å²) in [5.74, 6) is 0.975. The molecule has 0 spiro atoms. The number of thiophene rings is 1. The topological polar surface area (TPSA) is 42.1 Å². The largest absolute Gasteiger partial charge is 0.399 e. The fourth-order valence-electron chi connectivity index (χ4n) is 2.25. The minimum absolute atomic E-state index is 0.314. The van der Waals surface area contributed by atoms with E-state index in [2.05, 4.69) is 42.5 Å². The van der Waals surface area contributed by atoms with E-state index in [1.54, 1.807) is 11.3 Å². The van der Waals surface area contributed by atoms with Crippen molar-refractivity contribution in [3.05, 3.63) is 52.7 Å². The summed E-state index contributed by atoms with van der Waals surface area (Å²) in [7, 11) is 2.08. The number of benzene rings is 1. The minimum atomic E-state index is 0.314. The van der Waals surface area contributed by atoms with E-state index in [0.717, 1.165) is 22.4 Å². The first-order valence-electron chi connectivity index (χ1n) is 6.57. The highest BCUT2D eigenvalue weighted by atomic mass is 32.1. The van der Waals surface area contributed by atoms with E-state index >= 15 is 0 Å². The van der Waals surface area contributed by atoms with Crippen LogP contribution < -0.4 is 10.6 Å². The van der Waals surface area contributed by atoms with Crippen LogP contribution in [0.2, 0.25) is 0 Å². The van der Waals surface area contributed by atoms with Crippen molar-refractivity contribution >= 4 is 33.7 Å². The molecule has 3 rings (SSSR count). The third kappa shape index (κ3) is 2.34. The van der Waals surface area contributed by atoms with E-state index < -0.39 is 0 Å². The Morgan fingerprint density at radius 2 is 2.05 bits per heavy atom. The van der Waals surface area contributed by atoms with Crippen LogP contribution in [0.3, 0.4) is 0 Å². The third-order valence-corrected chi connectivity index (χ3v) is 4.64. The van der Waals surface area contributed by atoms with Crippen molar-refractivity contribution in [2.75, 3.05) is 17.7 Å². The summed E-state index contributed by atoms with van der Waals surface area (Å²) in [6.07, 6.45) is 0. The van der Waals surface area contributed by atoms with Gasteiger partial charge in [-0.15, -0.1) is 11.3 Å². The van der Waals surface area contributed by atoms with E-state index in [-0.39, 0.29) is 0 Å². The molecule has 0 aliphatic rings. The molecule has 3 nitrogen and oxygen atoms in total. The van der Waals surface area contributed by atoms with Gasteiger partial charge in [-0.25, -0.2) is 4.98 Å². The van der Waals surface area contributed by atoms with Gasteiger partial charge in [-0.2, -0.15) is 0 Å². The Balaban J connectivity index is 1.95. The molecule has 0 aliphatic heterocycles. The van der Waals surface area contributed by atoms with E-state index in [9.17, 15) is 0 Å². The molecule has 0 bridgehead atoms. The molecule has 1 unspecified atom stereocenters. The van der Waals surface area contributed by atoms with Gasteiger partial charge in [0.05, 0.1) is 11.6 Å². The van der Waals surface area contributed by atoms with Crippen molar-refractivity contribution in [2.45, 2.75) is 13.0 Å². The molecule has 2 heterocycles. The first-order chi connectivity index (χ1) is 9.65. The number of pyridine rings is 1. The molecule has 0 aliphatic carbocycles.